The molecule has 3 aromatic rings. The first kappa shape index (κ1) is 21.6. The smallest absolute Gasteiger partial charge is 0.263 e. The standard InChI is InChI=1S/C27H28N2O3/c1-3-24(21-12-8-5-9-13-21)26(30)28-23-14-15-25-22(16-23)18-29(27(31)19(2)32-25)17-20-10-6-4-7-11-20/h4-16,19,24H,3,17-18H2,1-2H3,(H,28,30)/t19-,24-/m0/s1. The van der Waals surface area contributed by atoms with Crippen LogP contribution in [0, 0.1) is 0 Å². The zero-order chi connectivity index (χ0) is 22.5. The van der Waals surface area contributed by atoms with Crippen LogP contribution < -0.4 is 10.1 Å². The number of nitrogens with zero attached hydrogens (tertiary/aromatic N) is 1. The number of anilines is 1. The maximum atomic E-state index is 13.0. The molecule has 32 heavy (non-hydrogen) atoms. The molecule has 0 saturated heterocycles. The van der Waals surface area contributed by atoms with Crippen LogP contribution in [0.1, 0.15) is 42.9 Å². The van der Waals surface area contributed by atoms with Crippen LogP contribution in [0.25, 0.3) is 0 Å². The quantitative estimate of drug-likeness (QED) is 0.592. The third-order valence-corrected chi connectivity index (χ3v) is 5.80. The van der Waals surface area contributed by atoms with Gasteiger partial charge < -0.3 is 15.0 Å². The third kappa shape index (κ3) is 4.83. The van der Waals surface area contributed by atoms with E-state index in [9.17, 15) is 9.59 Å². The molecule has 1 N–H and O–H groups in total. The van der Waals surface area contributed by atoms with E-state index in [1.807, 2.05) is 85.8 Å². The molecule has 164 valence electrons. The summed E-state index contributed by atoms with van der Waals surface area (Å²) in [6, 6.07) is 25.3. The summed E-state index contributed by atoms with van der Waals surface area (Å²) in [7, 11) is 0. The van der Waals surface area contributed by atoms with Crippen LogP contribution in [0.5, 0.6) is 5.75 Å². The van der Waals surface area contributed by atoms with Crippen molar-refractivity contribution in [2.75, 3.05) is 5.32 Å². The lowest BCUT2D eigenvalue weighted by Gasteiger charge is -2.22. The minimum absolute atomic E-state index is 0.0428. The van der Waals surface area contributed by atoms with Crippen LogP contribution in [0.4, 0.5) is 5.69 Å². The fourth-order valence-electron chi connectivity index (χ4n) is 4.10. The van der Waals surface area contributed by atoms with E-state index >= 15 is 0 Å². The van der Waals surface area contributed by atoms with E-state index in [1.165, 1.54) is 0 Å². The first-order valence-corrected chi connectivity index (χ1v) is 11.0. The monoisotopic (exact) mass is 428 g/mol. The van der Waals surface area contributed by atoms with E-state index in [-0.39, 0.29) is 17.7 Å². The molecule has 1 heterocycles. The molecule has 5 nitrogen and oxygen atoms in total. The summed E-state index contributed by atoms with van der Waals surface area (Å²) in [5.74, 6) is 0.362. The van der Waals surface area contributed by atoms with Gasteiger partial charge in [-0.3, -0.25) is 9.59 Å². The number of rotatable bonds is 6. The van der Waals surface area contributed by atoms with Crippen molar-refractivity contribution in [1.82, 2.24) is 4.90 Å². The van der Waals surface area contributed by atoms with Gasteiger partial charge in [0.2, 0.25) is 5.91 Å². The second kappa shape index (κ2) is 9.69. The normalized spacial score (nSPS) is 16.5. The molecule has 5 heteroatoms. The van der Waals surface area contributed by atoms with Gasteiger partial charge in [-0.05, 0) is 42.7 Å². The Balaban J connectivity index is 1.55. The summed E-state index contributed by atoms with van der Waals surface area (Å²) in [6.45, 7) is 4.72. The summed E-state index contributed by atoms with van der Waals surface area (Å²) < 4.78 is 5.93. The van der Waals surface area contributed by atoms with Crippen molar-refractivity contribution in [3.05, 3.63) is 95.6 Å². The first-order chi connectivity index (χ1) is 15.5. The summed E-state index contributed by atoms with van der Waals surface area (Å²) >= 11 is 0. The molecule has 4 rings (SSSR count). The fraction of sp³-hybridized carbons (Fsp3) is 0.259. The molecule has 1 aliphatic heterocycles. The molecule has 0 bridgehead atoms. The number of carbonyl (C=O) groups is 2. The number of benzene rings is 3. The second-order valence-corrected chi connectivity index (χ2v) is 8.12. The number of amides is 2. The summed E-state index contributed by atoms with van der Waals surface area (Å²) in [6.07, 6.45) is 0.142. The molecule has 1 aliphatic rings. The Hall–Kier alpha value is -3.60. The van der Waals surface area contributed by atoms with E-state index in [1.54, 1.807) is 11.8 Å². The lowest BCUT2D eigenvalue weighted by molar-refractivity contribution is -0.138. The predicted octanol–water partition coefficient (Wildman–Crippen LogP) is 5.13. The largest absolute Gasteiger partial charge is 0.481 e. The summed E-state index contributed by atoms with van der Waals surface area (Å²) in [4.78, 5) is 27.7. The zero-order valence-electron chi connectivity index (χ0n) is 18.5. The molecule has 3 aromatic carbocycles. The summed E-state index contributed by atoms with van der Waals surface area (Å²) in [5, 5.41) is 3.05. The Morgan fingerprint density at radius 2 is 1.75 bits per heavy atom. The number of hydrogen-bond acceptors (Lipinski definition) is 3. The lowest BCUT2D eigenvalue weighted by Crippen LogP contribution is -2.37. The van der Waals surface area contributed by atoms with Crippen molar-refractivity contribution in [3.8, 4) is 5.75 Å². The van der Waals surface area contributed by atoms with E-state index in [2.05, 4.69) is 5.32 Å². The van der Waals surface area contributed by atoms with Gasteiger partial charge in [-0.1, -0.05) is 67.6 Å². The molecule has 0 aliphatic carbocycles. The number of carbonyl (C=O) groups excluding carboxylic acids is 2. The van der Waals surface area contributed by atoms with Crippen LogP contribution in [0.2, 0.25) is 0 Å². The van der Waals surface area contributed by atoms with E-state index in [0.717, 1.165) is 16.7 Å². The van der Waals surface area contributed by atoms with Crippen molar-refractivity contribution in [2.24, 2.45) is 0 Å². The number of hydrogen-bond donors (Lipinski definition) is 1. The van der Waals surface area contributed by atoms with Crippen LogP contribution in [-0.2, 0) is 22.7 Å². The Labute approximate surface area is 189 Å². The predicted molar refractivity (Wildman–Crippen MR) is 125 cm³/mol. The SMILES string of the molecule is CC[C@H](C(=O)Nc1ccc2c(c1)CN(Cc1ccccc1)C(=O)[C@H](C)O2)c1ccccc1. The minimum Gasteiger partial charge on any atom is -0.481 e. The second-order valence-electron chi connectivity index (χ2n) is 8.12. The number of nitrogens with one attached hydrogen (secondary N) is 1. The number of fused-ring (bicyclic) bond motifs is 1. The molecule has 0 aromatic heterocycles. The zero-order valence-corrected chi connectivity index (χ0v) is 18.5. The van der Waals surface area contributed by atoms with Crippen molar-refractivity contribution in [2.45, 2.75) is 45.4 Å². The topological polar surface area (TPSA) is 58.6 Å². The molecule has 2 atom stereocenters. The molecular weight excluding hydrogens is 400 g/mol. The maximum absolute atomic E-state index is 13.0. The van der Waals surface area contributed by atoms with Crippen molar-refractivity contribution in [3.63, 3.8) is 0 Å². The van der Waals surface area contributed by atoms with Gasteiger partial charge in [0, 0.05) is 24.3 Å². The lowest BCUT2D eigenvalue weighted by atomic mass is 9.95. The highest BCUT2D eigenvalue weighted by molar-refractivity contribution is 5.96. The van der Waals surface area contributed by atoms with E-state index < -0.39 is 6.10 Å². The molecule has 0 saturated carbocycles. The van der Waals surface area contributed by atoms with Crippen LogP contribution in [0.3, 0.4) is 0 Å². The minimum atomic E-state index is -0.567. The van der Waals surface area contributed by atoms with Gasteiger partial charge in [0.05, 0.1) is 5.92 Å². The molecule has 0 radical (unpaired) electrons. The third-order valence-electron chi connectivity index (χ3n) is 5.80. The Morgan fingerprint density at radius 1 is 1.06 bits per heavy atom. The average Bonchev–Trinajstić information content (AvgIpc) is 2.92. The van der Waals surface area contributed by atoms with Gasteiger partial charge in [0.15, 0.2) is 6.10 Å². The van der Waals surface area contributed by atoms with Crippen molar-refractivity contribution in [1.29, 1.82) is 0 Å². The highest BCUT2D eigenvalue weighted by atomic mass is 16.5. The van der Waals surface area contributed by atoms with Gasteiger partial charge in [0.1, 0.15) is 5.75 Å². The van der Waals surface area contributed by atoms with Crippen LogP contribution in [-0.4, -0.2) is 22.8 Å². The highest BCUT2D eigenvalue weighted by Crippen LogP contribution is 2.30. The van der Waals surface area contributed by atoms with E-state index in [4.69, 9.17) is 4.74 Å². The Morgan fingerprint density at radius 3 is 2.44 bits per heavy atom. The average molecular weight is 429 g/mol. The van der Waals surface area contributed by atoms with Gasteiger partial charge >= 0.3 is 0 Å². The van der Waals surface area contributed by atoms with Gasteiger partial charge in [-0.25, -0.2) is 0 Å². The van der Waals surface area contributed by atoms with E-state index in [0.29, 0.717) is 30.9 Å². The number of ether oxygens (including phenoxy) is 1. The molecule has 0 unspecified atom stereocenters. The maximum Gasteiger partial charge on any atom is 0.263 e. The van der Waals surface area contributed by atoms with Crippen LogP contribution in [0.15, 0.2) is 78.9 Å². The van der Waals surface area contributed by atoms with Crippen molar-refractivity contribution < 1.29 is 14.3 Å². The molecule has 0 fully saturated rings. The van der Waals surface area contributed by atoms with Gasteiger partial charge in [-0.15, -0.1) is 0 Å². The first-order valence-electron chi connectivity index (χ1n) is 11.0. The fourth-order valence-corrected chi connectivity index (χ4v) is 4.10. The van der Waals surface area contributed by atoms with Gasteiger partial charge in [-0.2, -0.15) is 0 Å². The Bertz CT molecular complexity index is 1080. The Kier molecular flexibility index (Phi) is 6.55. The molecule has 2 amide bonds. The molecular formula is C27H28N2O3. The van der Waals surface area contributed by atoms with Crippen molar-refractivity contribution >= 4 is 17.5 Å². The van der Waals surface area contributed by atoms with Crippen LogP contribution >= 0.6 is 0 Å². The molecule has 0 spiro atoms. The highest BCUT2D eigenvalue weighted by Gasteiger charge is 2.28. The van der Waals surface area contributed by atoms with Gasteiger partial charge in [0.25, 0.3) is 5.91 Å². The summed E-state index contributed by atoms with van der Waals surface area (Å²) in [5.41, 5.74) is 3.64.